The van der Waals surface area contributed by atoms with Gasteiger partial charge in [0.15, 0.2) is 6.29 Å². The number of hydrogen-bond donors (Lipinski definition) is 2. The van der Waals surface area contributed by atoms with Crippen molar-refractivity contribution in [3.05, 3.63) is 71.3 Å². The SMILES string of the molecule is Cc1ccccc1CN1NC2N(Cc3ccccc3)C(=O)C3CCC(C(=O)NCC(C)C)CC3N2C1=O. The van der Waals surface area contributed by atoms with Gasteiger partial charge in [-0.15, -0.1) is 0 Å². The second kappa shape index (κ2) is 10.5. The van der Waals surface area contributed by atoms with Crippen LogP contribution >= 0.6 is 0 Å². The highest BCUT2D eigenvalue weighted by Gasteiger charge is 2.56. The van der Waals surface area contributed by atoms with Crippen molar-refractivity contribution < 1.29 is 14.4 Å². The van der Waals surface area contributed by atoms with Gasteiger partial charge in [-0.05, 0) is 48.8 Å². The number of benzene rings is 2. The van der Waals surface area contributed by atoms with Crippen LogP contribution in [0.4, 0.5) is 4.79 Å². The number of nitrogens with one attached hydrogen (secondary N) is 2. The van der Waals surface area contributed by atoms with Crippen molar-refractivity contribution in [3.8, 4) is 0 Å². The van der Waals surface area contributed by atoms with Crippen molar-refractivity contribution in [2.24, 2.45) is 17.8 Å². The van der Waals surface area contributed by atoms with E-state index in [1.165, 1.54) is 0 Å². The van der Waals surface area contributed by atoms with Crippen molar-refractivity contribution in [1.82, 2.24) is 25.6 Å². The van der Waals surface area contributed by atoms with Gasteiger partial charge in [-0.2, -0.15) is 5.43 Å². The fourth-order valence-corrected chi connectivity index (χ4v) is 5.82. The molecule has 2 heterocycles. The first-order chi connectivity index (χ1) is 17.8. The van der Waals surface area contributed by atoms with Crippen molar-refractivity contribution >= 4 is 17.8 Å². The largest absolute Gasteiger partial charge is 0.356 e. The molecule has 0 radical (unpaired) electrons. The Morgan fingerprint density at radius 2 is 1.76 bits per heavy atom. The normalized spacial score (nSPS) is 25.4. The van der Waals surface area contributed by atoms with Gasteiger partial charge in [-0.3, -0.25) is 19.5 Å². The van der Waals surface area contributed by atoms with Gasteiger partial charge in [0.2, 0.25) is 11.8 Å². The Kier molecular flexibility index (Phi) is 7.20. The van der Waals surface area contributed by atoms with Crippen molar-refractivity contribution in [2.45, 2.75) is 65.5 Å². The Morgan fingerprint density at radius 1 is 1.03 bits per heavy atom. The first kappa shape index (κ1) is 25.3. The van der Waals surface area contributed by atoms with E-state index in [-0.39, 0.29) is 35.7 Å². The topological polar surface area (TPSA) is 85.0 Å². The van der Waals surface area contributed by atoms with Gasteiger partial charge in [-0.1, -0.05) is 68.4 Å². The lowest BCUT2D eigenvalue weighted by Crippen LogP contribution is -2.66. The van der Waals surface area contributed by atoms with Gasteiger partial charge < -0.3 is 10.2 Å². The van der Waals surface area contributed by atoms with E-state index in [1.54, 1.807) is 9.91 Å². The lowest BCUT2D eigenvalue weighted by molar-refractivity contribution is -0.159. The molecule has 2 aromatic carbocycles. The minimum atomic E-state index is -0.581. The molecule has 2 saturated heterocycles. The molecule has 3 fully saturated rings. The molecule has 4 unspecified atom stereocenters. The zero-order valence-corrected chi connectivity index (χ0v) is 21.9. The van der Waals surface area contributed by atoms with Crippen LogP contribution in [0.15, 0.2) is 54.6 Å². The molecule has 0 bridgehead atoms. The molecule has 2 aromatic rings. The molecule has 4 amide bonds. The van der Waals surface area contributed by atoms with Crippen LogP contribution in [0.5, 0.6) is 0 Å². The standard InChI is InChI=1S/C29H37N5O3/c1-19(2)16-30-26(35)22-13-14-24-25(15-22)34-28(32(27(24)36)17-21-10-5-4-6-11-21)31-33(29(34)37)18-23-12-8-7-9-20(23)3/h4-12,19,22,24-25,28,31H,13-18H2,1-3H3,(H,30,35). The Labute approximate surface area is 219 Å². The third-order valence-electron chi connectivity index (χ3n) is 7.90. The maximum absolute atomic E-state index is 13.9. The van der Waals surface area contributed by atoms with Crippen LogP contribution in [0.2, 0.25) is 0 Å². The maximum Gasteiger partial charge on any atom is 0.337 e. The second-order valence-corrected chi connectivity index (χ2v) is 11.0. The number of aryl methyl sites for hydroxylation is 1. The lowest BCUT2D eigenvalue weighted by Gasteiger charge is -2.49. The van der Waals surface area contributed by atoms with E-state index in [1.807, 2.05) is 66.4 Å². The third kappa shape index (κ3) is 5.07. The molecule has 196 valence electrons. The minimum absolute atomic E-state index is 0.0271. The van der Waals surface area contributed by atoms with E-state index in [0.29, 0.717) is 44.8 Å². The Balaban J connectivity index is 1.42. The molecular weight excluding hydrogens is 466 g/mol. The molecule has 2 N–H and O–H groups in total. The Morgan fingerprint density at radius 3 is 2.49 bits per heavy atom. The van der Waals surface area contributed by atoms with Crippen LogP contribution in [0.1, 0.15) is 49.8 Å². The van der Waals surface area contributed by atoms with E-state index in [9.17, 15) is 14.4 Å². The van der Waals surface area contributed by atoms with Gasteiger partial charge >= 0.3 is 6.03 Å². The third-order valence-corrected chi connectivity index (χ3v) is 7.90. The van der Waals surface area contributed by atoms with Crippen LogP contribution in [-0.4, -0.2) is 51.5 Å². The number of nitrogens with zero attached hydrogens (tertiary/aromatic N) is 3. The van der Waals surface area contributed by atoms with Gasteiger partial charge in [-0.25, -0.2) is 4.79 Å². The van der Waals surface area contributed by atoms with E-state index >= 15 is 0 Å². The van der Waals surface area contributed by atoms with Crippen LogP contribution in [0, 0.1) is 24.7 Å². The summed E-state index contributed by atoms with van der Waals surface area (Å²) in [5.41, 5.74) is 6.53. The molecule has 8 heteroatoms. The number of amides is 4. The summed E-state index contributed by atoms with van der Waals surface area (Å²) in [5.74, 6) is -0.0640. The molecule has 0 aromatic heterocycles. The van der Waals surface area contributed by atoms with Crippen LogP contribution in [0.3, 0.4) is 0 Å². The molecule has 1 saturated carbocycles. The summed E-state index contributed by atoms with van der Waals surface area (Å²) in [4.78, 5) is 44.3. The molecule has 3 aliphatic rings. The smallest absolute Gasteiger partial charge is 0.337 e. The number of hydrogen-bond acceptors (Lipinski definition) is 4. The van der Waals surface area contributed by atoms with Crippen LogP contribution in [0.25, 0.3) is 0 Å². The summed E-state index contributed by atoms with van der Waals surface area (Å²) in [6, 6.07) is 17.4. The summed E-state index contributed by atoms with van der Waals surface area (Å²) >= 11 is 0. The monoisotopic (exact) mass is 503 g/mol. The summed E-state index contributed by atoms with van der Waals surface area (Å²) in [5, 5.41) is 4.68. The number of urea groups is 1. The van der Waals surface area contributed by atoms with E-state index in [2.05, 4.69) is 24.6 Å². The predicted octanol–water partition coefficient (Wildman–Crippen LogP) is 3.62. The van der Waals surface area contributed by atoms with E-state index in [0.717, 1.165) is 16.7 Å². The number of fused-ring (bicyclic) bond motifs is 3. The zero-order valence-electron chi connectivity index (χ0n) is 21.9. The number of hydrazine groups is 1. The fraction of sp³-hybridized carbons (Fsp3) is 0.483. The van der Waals surface area contributed by atoms with Crippen molar-refractivity contribution in [3.63, 3.8) is 0 Å². The fourth-order valence-electron chi connectivity index (χ4n) is 5.82. The molecule has 1 aliphatic carbocycles. The van der Waals surface area contributed by atoms with Crippen LogP contribution < -0.4 is 10.7 Å². The predicted molar refractivity (Wildman–Crippen MR) is 140 cm³/mol. The molecule has 4 atom stereocenters. The molecular formula is C29H37N5O3. The Hall–Kier alpha value is -3.39. The van der Waals surface area contributed by atoms with Crippen molar-refractivity contribution in [2.75, 3.05) is 6.54 Å². The van der Waals surface area contributed by atoms with E-state index < -0.39 is 6.29 Å². The van der Waals surface area contributed by atoms with Gasteiger partial charge in [0.25, 0.3) is 0 Å². The first-order valence-electron chi connectivity index (χ1n) is 13.4. The average Bonchev–Trinajstić information content (AvgIpc) is 3.22. The minimum Gasteiger partial charge on any atom is -0.356 e. The van der Waals surface area contributed by atoms with Gasteiger partial charge in [0.1, 0.15) is 0 Å². The number of carbonyl (C=O) groups is 3. The summed E-state index contributed by atoms with van der Waals surface area (Å²) < 4.78 is 0. The average molecular weight is 504 g/mol. The summed E-state index contributed by atoms with van der Waals surface area (Å²) in [6.07, 6.45) is 1.18. The quantitative estimate of drug-likeness (QED) is 0.605. The Bertz CT molecular complexity index is 1150. The van der Waals surface area contributed by atoms with E-state index in [4.69, 9.17) is 0 Å². The highest BCUT2D eigenvalue weighted by Crippen LogP contribution is 2.41. The molecule has 2 aliphatic heterocycles. The molecule has 8 nitrogen and oxygen atoms in total. The number of rotatable bonds is 7. The summed E-state index contributed by atoms with van der Waals surface area (Å²) in [7, 11) is 0. The lowest BCUT2D eigenvalue weighted by atomic mass is 9.75. The molecule has 37 heavy (non-hydrogen) atoms. The van der Waals surface area contributed by atoms with Crippen LogP contribution in [-0.2, 0) is 22.7 Å². The number of carbonyl (C=O) groups excluding carboxylic acids is 3. The van der Waals surface area contributed by atoms with Crippen molar-refractivity contribution in [1.29, 1.82) is 0 Å². The zero-order chi connectivity index (χ0) is 26.1. The summed E-state index contributed by atoms with van der Waals surface area (Å²) in [6.45, 7) is 7.62. The van der Waals surface area contributed by atoms with Gasteiger partial charge in [0.05, 0.1) is 12.5 Å². The first-order valence-corrected chi connectivity index (χ1v) is 13.4. The highest BCUT2D eigenvalue weighted by molar-refractivity contribution is 5.87. The van der Waals surface area contributed by atoms with Gasteiger partial charge in [0, 0.05) is 25.0 Å². The maximum atomic E-state index is 13.9. The molecule has 5 rings (SSSR count). The molecule has 0 spiro atoms. The second-order valence-electron chi connectivity index (χ2n) is 11.0. The highest BCUT2D eigenvalue weighted by atomic mass is 16.2.